The average molecular weight is 497 g/mol. The van der Waals surface area contributed by atoms with Gasteiger partial charge in [-0.05, 0) is 46.9 Å². The number of hydrogen-bond donors (Lipinski definition) is 2. The van der Waals surface area contributed by atoms with Crippen LogP contribution in [0.25, 0.3) is 0 Å². The zero-order chi connectivity index (χ0) is 19.4. The number of halogens is 4. The average Bonchev–Trinajstić information content (AvgIpc) is 2.57. The zero-order valence-electron chi connectivity index (χ0n) is 13.2. The first-order valence-electron chi connectivity index (χ1n) is 6.97. The van der Waals surface area contributed by atoms with Crippen LogP contribution in [0.4, 0.5) is 14.5 Å². The Morgan fingerprint density at radius 1 is 1.23 bits per heavy atom. The number of nitrogens with two attached hydrogens (primary N) is 1. The molecule has 26 heavy (non-hydrogen) atoms. The molecule has 0 heterocycles. The van der Waals surface area contributed by atoms with Gasteiger partial charge in [-0.1, -0.05) is 11.6 Å². The molecule has 2 aromatic carbocycles. The Labute approximate surface area is 165 Å². The van der Waals surface area contributed by atoms with E-state index in [2.05, 4.69) is 5.32 Å². The number of rotatable bonds is 6. The SMILES string of the molecule is COc1cc(C(=O)Nc2cc(F)c(I)c(F)c2)cc(Cl)c1OCC(N)=O. The number of nitrogens with one attached hydrogen (secondary N) is 1. The molecule has 0 bridgehead atoms. The van der Waals surface area contributed by atoms with Gasteiger partial charge in [0, 0.05) is 11.3 Å². The molecule has 0 saturated heterocycles. The molecule has 0 fully saturated rings. The molecule has 2 amide bonds. The van der Waals surface area contributed by atoms with Crippen LogP contribution in [0.3, 0.4) is 0 Å². The van der Waals surface area contributed by atoms with E-state index in [1.165, 1.54) is 41.8 Å². The molecule has 0 aliphatic rings. The van der Waals surface area contributed by atoms with Gasteiger partial charge < -0.3 is 20.5 Å². The van der Waals surface area contributed by atoms with E-state index in [1.54, 1.807) is 0 Å². The first kappa shape index (κ1) is 20.2. The number of carbonyl (C=O) groups is 2. The Kier molecular flexibility index (Phi) is 6.59. The highest BCUT2D eigenvalue weighted by atomic mass is 127. The first-order chi connectivity index (χ1) is 12.2. The van der Waals surface area contributed by atoms with Crippen LogP contribution in [-0.2, 0) is 4.79 Å². The molecule has 0 aromatic heterocycles. The molecule has 0 aliphatic heterocycles. The maximum absolute atomic E-state index is 13.6. The second kappa shape index (κ2) is 8.49. The summed E-state index contributed by atoms with van der Waals surface area (Å²) in [5.74, 6) is -2.86. The van der Waals surface area contributed by atoms with Gasteiger partial charge in [0.25, 0.3) is 11.8 Å². The molecule has 0 spiro atoms. The molecule has 2 aromatic rings. The summed E-state index contributed by atoms with van der Waals surface area (Å²) in [5, 5.41) is 2.36. The largest absolute Gasteiger partial charge is 0.493 e. The van der Waals surface area contributed by atoms with E-state index in [4.69, 9.17) is 26.8 Å². The lowest BCUT2D eigenvalue weighted by molar-refractivity contribution is -0.119. The van der Waals surface area contributed by atoms with E-state index in [0.717, 1.165) is 12.1 Å². The molecule has 0 atom stereocenters. The molecule has 3 N–H and O–H groups in total. The van der Waals surface area contributed by atoms with Gasteiger partial charge in [-0.25, -0.2) is 8.78 Å². The van der Waals surface area contributed by atoms with Crippen LogP contribution < -0.4 is 20.5 Å². The zero-order valence-corrected chi connectivity index (χ0v) is 16.2. The summed E-state index contributed by atoms with van der Waals surface area (Å²) < 4.78 is 37.2. The number of carbonyl (C=O) groups excluding carboxylic acids is 2. The number of amides is 2. The Morgan fingerprint density at radius 3 is 2.38 bits per heavy atom. The Hall–Kier alpha value is -2.14. The summed E-state index contributed by atoms with van der Waals surface area (Å²) in [5.41, 5.74) is 5.00. The van der Waals surface area contributed by atoms with Crippen molar-refractivity contribution in [2.45, 2.75) is 0 Å². The van der Waals surface area contributed by atoms with Gasteiger partial charge in [0.15, 0.2) is 18.1 Å². The minimum Gasteiger partial charge on any atom is -0.493 e. The molecular formula is C16H12ClF2IN2O4. The van der Waals surface area contributed by atoms with Gasteiger partial charge >= 0.3 is 0 Å². The molecule has 2 rings (SSSR count). The predicted octanol–water partition coefficient (Wildman–Crippen LogP) is 3.35. The number of anilines is 1. The van der Waals surface area contributed by atoms with Crippen LogP contribution >= 0.6 is 34.2 Å². The Bertz CT molecular complexity index is 857. The van der Waals surface area contributed by atoms with E-state index in [0.29, 0.717) is 0 Å². The summed E-state index contributed by atoms with van der Waals surface area (Å²) in [4.78, 5) is 23.2. The van der Waals surface area contributed by atoms with Gasteiger partial charge in [-0.15, -0.1) is 0 Å². The predicted molar refractivity (Wildman–Crippen MR) is 99.7 cm³/mol. The van der Waals surface area contributed by atoms with Crippen molar-refractivity contribution in [3.8, 4) is 11.5 Å². The second-order valence-electron chi connectivity index (χ2n) is 4.95. The highest BCUT2D eigenvalue weighted by Gasteiger charge is 2.18. The van der Waals surface area contributed by atoms with Crippen molar-refractivity contribution >= 4 is 51.7 Å². The molecule has 0 aliphatic carbocycles. The van der Waals surface area contributed by atoms with Crippen molar-refractivity contribution < 1.29 is 27.8 Å². The molecule has 10 heteroatoms. The second-order valence-corrected chi connectivity index (χ2v) is 6.44. The van der Waals surface area contributed by atoms with Crippen molar-refractivity contribution in [2.24, 2.45) is 5.73 Å². The number of primary amides is 1. The maximum Gasteiger partial charge on any atom is 0.255 e. The summed E-state index contributed by atoms with van der Waals surface area (Å²) in [6, 6.07) is 4.55. The normalized spacial score (nSPS) is 10.3. The van der Waals surface area contributed by atoms with Crippen LogP contribution in [0.15, 0.2) is 24.3 Å². The fraction of sp³-hybridized carbons (Fsp3) is 0.125. The first-order valence-corrected chi connectivity index (χ1v) is 8.43. The van der Waals surface area contributed by atoms with Crippen LogP contribution in [-0.4, -0.2) is 25.5 Å². The molecule has 0 saturated carbocycles. The van der Waals surface area contributed by atoms with Gasteiger partial charge in [0.1, 0.15) is 11.6 Å². The fourth-order valence-corrected chi connectivity index (χ4v) is 2.54. The lowest BCUT2D eigenvalue weighted by Crippen LogP contribution is -2.20. The highest BCUT2D eigenvalue weighted by Crippen LogP contribution is 2.36. The highest BCUT2D eigenvalue weighted by molar-refractivity contribution is 14.1. The van der Waals surface area contributed by atoms with E-state index in [1.807, 2.05) is 0 Å². The number of benzene rings is 2. The summed E-state index contributed by atoms with van der Waals surface area (Å²) >= 11 is 7.57. The number of hydrogen-bond acceptors (Lipinski definition) is 4. The summed E-state index contributed by atoms with van der Waals surface area (Å²) in [6.07, 6.45) is 0. The van der Waals surface area contributed by atoms with Crippen molar-refractivity contribution in [2.75, 3.05) is 19.0 Å². The molecule has 0 unspecified atom stereocenters. The van der Waals surface area contributed by atoms with Crippen LogP contribution in [0.5, 0.6) is 11.5 Å². The van der Waals surface area contributed by atoms with E-state index in [9.17, 15) is 18.4 Å². The monoisotopic (exact) mass is 496 g/mol. The van der Waals surface area contributed by atoms with Gasteiger partial charge in [-0.3, -0.25) is 9.59 Å². The molecular weight excluding hydrogens is 485 g/mol. The smallest absolute Gasteiger partial charge is 0.255 e. The van der Waals surface area contributed by atoms with Crippen LogP contribution in [0.2, 0.25) is 5.02 Å². The van der Waals surface area contributed by atoms with Crippen LogP contribution in [0, 0.1) is 15.2 Å². The summed E-state index contributed by atoms with van der Waals surface area (Å²) in [7, 11) is 1.31. The lowest BCUT2D eigenvalue weighted by Gasteiger charge is -2.13. The van der Waals surface area contributed by atoms with Crippen molar-refractivity contribution in [1.82, 2.24) is 0 Å². The lowest BCUT2D eigenvalue weighted by atomic mass is 10.1. The van der Waals surface area contributed by atoms with E-state index < -0.39 is 30.1 Å². The number of methoxy groups -OCH3 is 1. The fourth-order valence-electron chi connectivity index (χ4n) is 1.97. The maximum atomic E-state index is 13.6. The standard InChI is InChI=1S/C16H12ClF2IN2O4/c1-25-12-3-7(2-9(17)15(12)26-6-13(21)23)16(24)22-8-4-10(18)14(20)11(19)5-8/h2-5H,6H2,1H3,(H2,21,23)(H,22,24). The quantitative estimate of drug-likeness (QED) is 0.474. The molecule has 6 nitrogen and oxygen atoms in total. The van der Waals surface area contributed by atoms with E-state index in [-0.39, 0.29) is 31.3 Å². The molecule has 138 valence electrons. The topological polar surface area (TPSA) is 90.7 Å². The van der Waals surface area contributed by atoms with Crippen LogP contribution in [0.1, 0.15) is 10.4 Å². The Morgan fingerprint density at radius 2 is 1.85 bits per heavy atom. The third-order valence-corrected chi connectivity index (χ3v) is 4.40. The van der Waals surface area contributed by atoms with E-state index >= 15 is 0 Å². The van der Waals surface area contributed by atoms with Crippen molar-refractivity contribution in [3.05, 3.63) is 50.1 Å². The van der Waals surface area contributed by atoms with Crippen molar-refractivity contribution in [3.63, 3.8) is 0 Å². The van der Waals surface area contributed by atoms with Gasteiger partial charge in [-0.2, -0.15) is 0 Å². The third kappa shape index (κ3) is 4.73. The van der Waals surface area contributed by atoms with Crippen molar-refractivity contribution in [1.29, 1.82) is 0 Å². The third-order valence-electron chi connectivity index (χ3n) is 3.09. The minimum atomic E-state index is -0.799. The Balaban J connectivity index is 2.29. The van der Waals surface area contributed by atoms with Gasteiger partial charge in [0.2, 0.25) is 0 Å². The number of ether oxygens (including phenoxy) is 2. The summed E-state index contributed by atoms with van der Waals surface area (Å²) in [6.45, 7) is -0.428. The minimum absolute atomic E-state index is 0.00396. The van der Waals surface area contributed by atoms with Gasteiger partial charge in [0.05, 0.1) is 15.7 Å². The molecule has 0 radical (unpaired) electrons.